The first-order chi connectivity index (χ1) is 7.50. The Morgan fingerprint density at radius 3 is 2.75 bits per heavy atom. The lowest BCUT2D eigenvalue weighted by atomic mass is 9.85. The summed E-state index contributed by atoms with van der Waals surface area (Å²) in [4.78, 5) is 21.9. The molecule has 0 aromatic carbocycles. The van der Waals surface area contributed by atoms with E-state index in [4.69, 9.17) is 10.5 Å². The molecular weight excluding hydrogens is 206 g/mol. The van der Waals surface area contributed by atoms with Crippen LogP contribution in [0.5, 0.6) is 0 Å². The lowest BCUT2D eigenvalue weighted by molar-refractivity contribution is -0.144. The Hall–Kier alpha value is -1.58. The second-order valence-corrected chi connectivity index (χ2v) is 4.09. The van der Waals surface area contributed by atoms with Crippen molar-refractivity contribution in [1.82, 2.24) is 0 Å². The van der Waals surface area contributed by atoms with E-state index in [-0.39, 0.29) is 6.61 Å². The molecule has 1 rings (SSSR count). The number of hydrogen-bond acceptors (Lipinski definition) is 3. The largest absolute Gasteiger partial charge is 0.452 e. The summed E-state index contributed by atoms with van der Waals surface area (Å²) < 4.78 is 4.73. The van der Waals surface area contributed by atoms with E-state index in [1.165, 1.54) is 0 Å². The average molecular weight is 223 g/mol. The third-order valence-corrected chi connectivity index (χ3v) is 2.72. The van der Waals surface area contributed by atoms with Gasteiger partial charge in [0.2, 0.25) is 0 Å². The Bertz CT molecular complexity index is 344. The molecule has 0 bridgehead atoms. The highest BCUT2D eigenvalue weighted by molar-refractivity contribution is 5.90. The van der Waals surface area contributed by atoms with Crippen LogP contribution in [0.4, 0.5) is 0 Å². The standard InChI is InChI=1S/C12H17NO3/c1-8(2)9-3-5-10(6-4-9)12(15)16-7-11(13)14/h5,9H,1,3-4,6-7H2,2H3,(H2,13,14). The van der Waals surface area contributed by atoms with Gasteiger partial charge in [0, 0.05) is 5.57 Å². The summed E-state index contributed by atoms with van der Waals surface area (Å²) in [6.45, 7) is 5.55. The van der Waals surface area contributed by atoms with E-state index in [2.05, 4.69) is 6.58 Å². The lowest BCUT2D eigenvalue weighted by Gasteiger charge is -2.21. The van der Waals surface area contributed by atoms with Crippen LogP contribution in [-0.4, -0.2) is 18.5 Å². The summed E-state index contributed by atoms with van der Waals surface area (Å²) in [5.41, 5.74) is 6.66. The quantitative estimate of drug-likeness (QED) is 0.577. The van der Waals surface area contributed by atoms with Gasteiger partial charge in [-0.15, -0.1) is 0 Å². The van der Waals surface area contributed by atoms with Gasteiger partial charge >= 0.3 is 5.97 Å². The third kappa shape index (κ3) is 3.53. The van der Waals surface area contributed by atoms with Gasteiger partial charge in [0.1, 0.15) is 0 Å². The minimum atomic E-state index is -0.635. The Balaban J connectivity index is 2.47. The maximum absolute atomic E-state index is 11.5. The van der Waals surface area contributed by atoms with Gasteiger partial charge in [0.25, 0.3) is 5.91 Å². The minimum Gasteiger partial charge on any atom is -0.452 e. The normalized spacial score (nSPS) is 19.8. The van der Waals surface area contributed by atoms with E-state index >= 15 is 0 Å². The van der Waals surface area contributed by atoms with E-state index in [0.29, 0.717) is 17.9 Å². The van der Waals surface area contributed by atoms with E-state index < -0.39 is 11.9 Å². The Morgan fingerprint density at radius 1 is 1.62 bits per heavy atom. The molecule has 1 amide bonds. The Kier molecular flexibility index (Phi) is 4.28. The van der Waals surface area contributed by atoms with Crippen molar-refractivity contribution < 1.29 is 14.3 Å². The van der Waals surface area contributed by atoms with Crippen molar-refractivity contribution in [2.75, 3.05) is 6.61 Å². The fourth-order valence-corrected chi connectivity index (χ4v) is 1.70. The number of ether oxygens (including phenoxy) is 1. The third-order valence-electron chi connectivity index (χ3n) is 2.72. The number of allylic oxidation sites excluding steroid dienone is 2. The molecule has 1 aliphatic rings. The zero-order valence-corrected chi connectivity index (χ0v) is 9.49. The summed E-state index contributed by atoms with van der Waals surface area (Å²) in [5.74, 6) is -0.615. The van der Waals surface area contributed by atoms with Crippen LogP contribution in [0.3, 0.4) is 0 Å². The number of carbonyl (C=O) groups is 2. The first kappa shape index (κ1) is 12.5. The van der Waals surface area contributed by atoms with Crippen molar-refractivity contribution in [1.29, 1.82) is 0 Å². The van der Waals surface area contributed by atoms with Gasteiger partial charge in [0.15, 0.2) is 6.61 Å². The highest BCUT2D eigenvalue weighted by atomic mass is 16.5. The fourth-order valence-electron chi connectivity index (χ4n) is 1.70. The molecule has 1 unspecified atom stereocenters. The van der Waals surface area contributed by atoms with E-state index in [0.717, 1.165) is 18.4 Å². The average Bonchev–Trinajstić information content (AvgIpc) is 2.26. The number of hydrogen-bond donors (Lipinski definition) is 1. The van der Waals surface area contributed by atoms with E-state index in [1.807, 2.05) is 13.0 Å². The molecule has 1 aliphatic carbocycles. The maximum Gasteiger partial charge on any atom is 0.334 e. The number of primary amides is 1. The molecule has 16 heavy (non-hydrogen) atoms. The van der Waals surface area contributed by atoms with Crippen molar-refractivity contribution >= 4 is 11.9 Å². The minimum absolute atomic E-state index is 0.347. The predicted molar refractivity (Wildman–Crippen MR) is 60.4 cm³/mol. The fraction of sp³-hybridized carbons (Fsp3) is 0.500. The Labute approximate surface area is 95.1 Å². The van der Waals surface area contributed by atoms with E-state index in [1.54, 1.807) is 0 Å². The second-order valence-electron chi connectivity index (χ2n) is 4.09. The van der Waals surface area contributed by atoms with Crippen molar-refractivity contribution in [2.45, 2.75) is 26.2 Å². The molecule has 0 saturated heterocycles. The van der Waals surface area contributed by atoms with Crippen LogP contribution in [0.25, 0.3) is 0 Å². The van der Waals surface area contributed by atoms with Crippen LogP contribution in [0.15, 0.2) is 23.8 Å². The molecule has 0 fully saturated rings. The highest BCUT2D eigenvalue weighted by Crippen LogP contribution is 2.28. The van der Waals surface area contributed by atoms with Gasteiger partial charge in [-0.3, -0.25) is 4.79 Å². The molecule has 88 valence electrons. The summed E-state index contributed by atoms with van der Waals surface area (Å²) in [7, 11) is 0. The summed E-state index contributed by atoms with van der Waals surface area (Å²) in [6.07, 6.45) is 4.27. The molecule has 2 N–H and O–H groups in total. The van der Waals surface area contributed by atoms with Gasteiger partial charge in [-0.1, -0.05) is 18.2 Å². The van der Waals surface area contributed by atoms with Gasteiger partial charge in [-0.05, 0) is 32.1 Å². The van der Waals surface area contributed by atoms with Gasteiger partial charge in [0.05, 0.1) is 0 Å². The number of nitrogens with two attached hydrogens (primary N) is 1. The monoisotopic (exact) mass is 223 g/mol. The number of amides is 1. The molecular formula is C12H17NO3. The molecule has 1 atom stereocenters. The Morgan fingerprint density at radius 2 is 2.31 bits per heavy atom. The van der Waals surface area contributed by atoms with Gasteiger partial charge in [-0.2, -0.15) is 0 Å². The van der Waals surface area contributed by atoms with Crippen LogP contribution >= 0.6 is 0 Å². The summed E-state index contributed by atoms with van der Waals surface area (Å²) in [5, 5.41) is 0. The molecule has 0 aliphatic heterocycles. The first-order valence-electron chi connectivity index (χ1n) is 5.30. The lowest BCUT2D eigenvalue weighted by Crippen LogP contribution is -2.22. The molecule has 0 radical (unpaired) electrons. The highest BCUT2D eigenvalue weighted by Gasteiger charge is 2.20. The first-order valence-corrected chi connectivity index (χ1v) is 5.30. The zero-order chi connectivity index (χ0) is 12.1. The number of rotatable bonds is 4. The van der Waals surface area contributed by atoms with Gasteiger partial charge in [-0.25, -0.2) is 4.79 Å². The number of esters is 1. The van der Waals surface area contributed by atoms with Crippen molar-refractivity contribution in [2.24, 2.45) is 11.7 Å². The molecule has 4 nitrogen and oxygen atoms in total. The van der Waals surface area contributed by atoms with Crippen LogP contribution in [0.1, 0.15) is 26.2 Å². The smallest absolute Gasteiger partial charge is 0.334 e. The second kappa shape index (κ2) is 5.49. The predicted octanol–water partition coefficient (Wildman–Crippen LogP) is 1.32. The molecule has 0 spiro atoms. The summed E-state index contributed by atoms with van der Waals surface area (Å²) in [6, 6.07) is 0. The van der Waals surface area contributed by atoms with Crippen LogP contribution in [0, 0.1) is 5.92 Å². The number of carbonyl (C=O) groups excluding carboxylic acids is 2. The van der Waals surface area contributed by atoms with E-state index in [9.17, 15) is 9.59 Å². The topological polar surface area (TPSA) is 69.4 Å². The van der Waals surface area contributed by atoms with Crippen LogP contribution < -0.4 is 5.73 Å². The summed E-state index contributed by atoms with van der Waals surface area (Å²) >= 11 is 0. The maximum atomic E-state index is 11.5. The van der Waals surface area contributed by atoms with Crippen molar-refractivity contribution in [3.63, 3.8) is 0 Å². The van der Waals surface area contributed by atoms with Crippen LogP contribution in [-0.2, 0) is 14.3 Å². The molecule has 0 aromatic heterocycles. The zero-order valence-electron chi connectivity index (χ0n) is 9.49. The van der Waals surface area contributed by atoms with Crippen molar-refractivity contribution in [3.05, 3.63) is 23.8 Å². The van der Waals surface area contributed by atoms with Crippen molar-refractivity contribution in [3.8, 4) is 0 Å². The SMILES string of the molecule is C=C(C)C1CC=C(C(=O)OCC(N)=O)CC1. The molecule has 4 heteroatoms. The molecule has 0 saturated carbocycles. The molecule has 0 aromatic rings. The molecule has 0 heterocycles. The van der Waals surface area contributed by atoms with Gasteiger partial charge < -0.3 is 10.5 Å². The van der Waals surface area contributed by atoms with Crippen LogP contribution in [0.2, 0.25) is 0 Å².